The van der Waals surface area contributed by atoms with Crippen LogP contribution in [-0.2, 0) is 0 Å². The van der Waals surface area contributed by atoms with Crippen LogP contribution in [0.5, 0.6) is 0 Å². The minimum atomic E-state index is -0.0987. The molecule has 4 atom stereocenters. The fraction of sp³-hybridized carbons (Fsp3) is 1.00. The first kappa shape index (κ1) is 5.69. The monoisotopic (exact) mass is 128 g/mol. The lowest BCUT2D eigenvalue weighted by molar-refractivity contribution is 0.0447. The maximum Gasteiger partial charge on any atom is 0.0573 e. The molecule has 0 heterocycles. The molecule has 0 spiro atoms. The molecule has 2 heteroatoms. The van der Waals surface area contributed by atoms with Crippen molar-refractivity contribution in [1.29, 1.82) is 0 Å². The highest BCUT2D eigenvalue weighted by molar-refractivity contribution is 4.95. The number of aliphatic hydroxyl groups excluding tert-OH is 2. The van der Waals surface area contributed by atoms with E-state index in [-0.39, 0.29) is 12.2 Å². The first-order valence-electron chi connectivity index (χ1n) is 3.63. The fourth-order valence-corrected chi connectivity index (χ4v) is 2.21. The Kier molecular flexibility index (Phi) is 1.08. The van der Waals surface area contributed by atoms with E-state index in [1.54, 1.807) is 0 Å². The van der Waals surface area contributed by atoms with Gasteiger partial charge in [-0.1, -0.05) is 0 Å². The predicted octanol–water partition coefficient (Wildman–Crippen LogP) is 0.138. The van der Waals surface area contributed by atoms with E-state index < -0.39 is 0 Å². The van der Waals surface area contributed by atoms with Gasteiger partial charge in [0, 0.05) is 0 Å². The van der Waals surface area contributed by atoms with E-state index in [2.05, 4.69) is 0 Å². The van der Waals surface area contributed by atoms with Crippen LogP contribution in [0, 0.1) is 11.8 Å². The second-order valence-corrected chi connectivity index (χ2v) is 3.36. The van der Waals surface area contributed by atoms with Crippen molar-refractivity contribution >= 4 is 0 Å². The Labute approximate surface area is 54.5 Å². The average molecular weight is 128 g/mol. The summed E-state index contributed by atoms with van der Waals surface area (Å²) in [6.07, 6.45) is 2.54. The van der Waals surface area contributed by atoms with Crippen LogP contribution in [0.25, 0.3) is 0 Å². The van der Waals surface area contributed by atoms with Crippen molar-refractivity contribution in [3.05, 3.63) is 0 Å². The van der Waals surface area contributed by atoms with Crippen molar-refractivity contribution in [2.45, 2.75) is 31.5 Å². The van der Waals surface area contributed by atoms with E-state index in [4.69, 9.17) is 0 Å². The van der Waals surface area contributed by atoms with Crippen molar-refractivity contribution in [3.63, 3.8) is 0 Å². The third kappa shape index (κ3) is 0.700. The standard InChI is InChI=1S/C7H12O2/c8-6-2-4-1-5(6)3-7(4)9/h4-9H,1-3H2/t4-,5-,6+,7+/m0/s1. The second-order valence-electron chi connectivity index (χ2n) is 3.36. The van der Waals surface area contributed by atoms with Crippen LogP contribution in [0.4, 0.5) is 0 Å². The molecule has 52 valence electrons. The molecule has 2 saturated carbocycles. The lowest BCUT2D eigenvalue weighted by Gasteiger charge is -2.19. The van der Waals surface area contributed by atoms with Gasteiger partial charge in [-0.25, -0.2) is 0 Å². The summed E-state index contributed by atoms with van der Waals surface area (Å²) in [5, 5.41) is 18.5. The molecule has 0 aliphatic heterocycles. The zero-order valence-corrected chi connectivity index (χ0v) is 5.33. The van der Waals surface area contributed by atoms with Gasteiger partial charge in [0.25, 0.3) is 0 Å². The van der Waals surface area contributed by atoms with Crippen molar-refractivity contribution in [3.8, 4) is 0 Å². The van der Waals surface area contributed by atoms with Gasteiger partial charge in [-0.15, -0.1) is 0 Å². The smallest absolute Gasteiger partial charge is 0.0573 e. The molecule has 2 fully saturated rings. The number of aliphatic hydroxyl groups is 2. The Morgan fingerprint density at radius 2 is 1.22 bits per heavy atom. The topological polar surface area (TPSA) is 40.5 Å². The second kappa shape index (κ2) is 1.70. The summed E-state index contributed by atoms with van der Waals surface area (Å²) in [5.41, 5.74) is 0. The molecule has 0 aromatic rings. The number of rotatable bonds is 0. The number of hydrogen-bond acceptors (Lipinski definition) is 2. The van der Waals surface area contributed by atoms with Gasteiger partial charge in [0.05, 0.1) is 12.2 Å². The van der Waals surface area contributed by atoms with Crippen molar-refractivity contribution in [2.75, 3.05) is 0 Å². The molecule has 0 radical (unpaired) electrons. The van der Waals surface area contributed by atoms with Gasteiger partial charge in [0.1, 0.15) is 0 Å². The van der Waals surface area contributed by atoms with Gasteiger partial charge in [-0.3, -0.25) is 0 Å². The third-order valence-electron chi connectivity index (χ3n) is 2.78. The summed E-state index contributed by atoms with van der Waals surface area (Å²) >= 11 is 0. The van der Waals surface area contributed by atoms with Gasteiger partial charge < -0.3 is 10.2 Å². The normalized spacial score (nSPS) is 56.7. The molecule has 2 aliphatic carbocycles. The summed E-state index contributed by atoms with van der Waals surface area (Å²) in [4.78, 5) is 0. The van der Waals surface area contributed by atoms with Crippen LogP contribution in [0.3, 0.4) is 0 Å². The van der Waals surface area contributed by atoms with E-state index in [9.17, 15) is 10.2 Å². The van der Waals surface area contributed by atoms with Gasteiger partial charge in [-0.2, -0.15) is 0 Å². The van der Waals surface area contributed by atoms with E-state index in [1.807, 2.05) is 0 Å². The van der Waals surface area contributed by atoms with Crippen molar-refractivity contribution in [1.82, 2.24) is 0 Å². The summed E-state index contributed by atoms with van der Waals surface area (Å²) in [6, 6.07) is 0. The molecule has 2 aliphatic rings. The molecule has 2 N–H and O–H groups in total. The molecular weight excluding hydrogens is 116 g/mol. The Morgan fingerprint density at radius 3 is 1.44 bits per heavy atom. The van der Waals surface area contributed by atoms with Crippen molar-refractivity contribution in [2.24, 2.45) is 11.8 Å². The molecule has 2 bridgehead atoms. The summed E-state index contributed by atoms with van der Waals surface area (Å²) < 4.78 is 0. The van der Waals surface area contributed by atoms with Crippen LogP contribution in [-0.4, -0.2) is 22.4 Å². The first-order chi connectivity index (χ1) is 4.27. The third-order valence-corrected chi connectivity index (χ3v) is 2.78. The Morgan fingerprint density at radius 1 is 0.778 bits per heavy atom. The molecule has 0 saturated heterocycles. The fourth-order valence-electron chi connectivity index (χ4n) is 2.21. The maximum atomic E-state index is 9.23. The van der Waals surface area contributed by atoms with Crippen LogP contribution in [0.1, 0.15) is 19.3 Å². The molecular formula is C7H12O2. The highest BCUT2D eigenvalue weighted by Crippen LogP contribution is 2.44. The predicted molar refractivity (Wildman–Crippen MR) is 32.8 cm³/mol. The van der Waals surface area contributed by atoms with E-state index in [0.717, 1.165) is 19.3 Å². The summed E-state index contributed by atoms with van der Waals surface area (Å²) in [5.74, 6) is 0.843. The van der Waals surface area contributed by atoms with Gasteiger partial charge in [-0.05, 0) is 31.1 Å². The lowest BCUT2D eigenvalue weighted by atomic mass is 9.95. The minimum Gasteiger partial charge on any atom is -0.393 e. The molecule has 0 amide bonds. The van der Waals surface area contributed by atoms with Gasteiger partial charge >= 0.3 is 0 Å². The minimum absolute atomic E-state index is 0.0987. The first-order valence-corrected chi connectivity index (χ1v) is 3.63. The Bertz CT molecular complexity index is 106. The maximum absolute atomic E-state index is 9.23. The number of hydrogen-bond donors (Lipinski definition) is 2. The van der Waals surface area contributed by atoms with E-state index in [0.29, 0.717) is 11.8 Å². The molecule has 2 rings (SSSR count). The Balaban J connectivity index is 2.10. The zero-order chi connectivity index (χ0) is 6.43. The summed E-state index contributed by atoms with van der Waals surface area (Å²) in [7, 11) is 0. The molecule has 2 nitrogen and oxygen atoms in total. The van der Waals surface area contributed by atoms with E-state index in [1.165, 1.54) is 0 Å². The van der Waals surface area contributed by atoms with Crippen LogP contribution in [0.2, 0.25) is 0 Å². The molecule has 0 aromatic carbocycles. The highest BCUT2D eigenvalue weighted by atomic mass is 16.3. The average Bonchev–Trinajstić information content (AvgIpc) is 2.24. The van der Waals surface area contributed by atoms with Crippen LogP contribution >= 0.6 is 0 Å². The molecule has 0 aromatic heterocycles. The van der Waals surface area contributed by atoms with E-state index >= 15 is 0 Å². The van der Waals surface area contributed by atoms with Crippen molar-refractivity contribution < 1.29 is 10.2 Å². The quantitative estimate of drug-likeness (QED) is 0.487. The van der Waals surface area contributed by atoms with Gasteiger partial charge in [0.15, 0.2) is 0 Å². The lowest BCUT2D eigenvalue weighted by Crippen LogP contribution is -2.24. The summed E-state index contributed by atoms with van der Waals surface area (Å²) in [6.45, 7) is 0. The molecule has 0 unspecified atom stereocenters. The highest BCUT2D eigenvalue weighted by Gasteiger charge is 2.44. The Hall–Kier alpha value is -0.0800. The largest absolute Gasteiger partial charge is 0.393 e. The SMILES string of the molecule is O[C@@H]1C[C@@H]2C[C@H]1C[C@H]2O. The van der Waals surface area contributed by atoms with Crippen LogP contribution < -0.4 is 0 Å². The van der Waals surface area contributed by atoms with Crippen LogP contribution in [0.15, 0.2) is 0 Å². The number of fused-ring (bicyclic) bond motifs is 2. The molecule has 9 heavy (non-hydrogen) atoms. The zero-order valence-electron chi connectivity index (χ0n) is 5.33. The van der Waals surface area contributed by atoms with Gasteiger partial charge in [0.2, 0.25) is 0 Å².